The number of halogens is 3. The first-order valence-electron chi connectivity index (χ1n) is 9.14. The highest BCUT2D eigenvalue weighted by molar-refractivity contribution is 5.94. The molecule has 0 bridgehead atoms. The second-order valence-corrected chi connectivity index (χ2v) is 6.68. The summed E-state index contributed by atoms with van der Waals surface area (Å²) in [6, 6.07) is 9.40. The molecule has 0 atom stereocenters. The maximum Gasteiger partial charge on any atom is 0.375 e. The van der Waals surface area contributed by atoms with Gasteiger partial charge in [-0.1, -0.05) is 30.3 Å². The first kappa shape index (κ1) is 22.6. The lowest BCUT2D eigenvalue weighted by Gasteiger charge is -2.19. The van der Waals surface area contributed by atoms with Crippen LogP contribution in [-0.2, 0) is 17.8 Å². The van der Waals surface area contributed by atoms with Crippen LogP contribution >= 0.6 is 0 Å². The molecule has 0 spiro atoms. The fraction of sp³-hybridized carbons (Fsp3) is 0.136. The molecule has 0 aliphatic rings. The largest absolute Gasteiger partial charge is 0.481 e. The Hall–Kier alpha value is -4.08. The molecule has 0 radical (unpaired) electrons. The molecule has 3 aromatic rings. The summed E-state index contributed by atoms with van der Waals surface area (Å²) in [5, 5.41) is 9.28. The Labute approximate surface area is 179 Å². The lowest BCUT2D eigenvalue weighted by atomic mass is 10.1. The van der Waals surface area contributed by atoms with Crippen LogP contribution in [0.1, 0.15) is 21.7 Å². The van der Waals surface area contributed by atoms with Gasteiger partial charge in [0, 0.05) is 24.7 Å². The van der Waals surface area contributed by atoms with Crippen LogP contribution in [0.5, 0.6) is 5.75 Å². The number of ether oxygens (including phenoxy) is 1. The Balaban J connectivity index is 1.89. The molecule has 166 valence electrons. The summed E-state index contributed by atoms with van der Waals surface area (Å²) in [7, 11) is 1.04. The summed E-state index contributed by atoms with van der Waals surface area (Å²) < 4.78 is 51.4. The number of nitrogens with zero attached hydrogens (tertiary/aromatic N) is 1. The highest BCUT2D eigenvalue weighted by Gasteiger charge is 2.25. The van der Waals surface area contributed by atoms with E-state index in [1.807, 2.05) is 0 Å². The van der Waals surface area contributed by atoms with E-state index in [9.17, 15) is 32.7 Å². The van der Waals surface area contributed by atoms with Crippen molar-refractivity contribution in [3.63, 3.8) is 0 Å². The van der Waals surface area contributed by atoms with E-state index < -0.39 is 58.4 Å². The molecule has 1 amide bonds. The molecule has 0 saturated carbocycles. The van der Waals surface area contributed by atoms with E-state index in [-0.39, 0.29) is 12.2 Å². The summed E-state index contributed by atoms with van der Waals surface area (Å²) in [5.41, 5.74) is -1.38. The Kier molecular flexibility index (Phi) is 6.62. The average Bonchev–Trinajstić information content (AvgIpc) is 2.73. The molecule has 3 rings (SSSR count). The van der Waals surface area contributed by atoms with Crippen molar-refractivity contribution in [3.8, 4) is 5.75 Å². The summed E-state index contributed by atoms with van der Waals surface area (Å²) in [5.74, 6) is -7.64. The second kappa shape index (κ2) is 9.38. The van der Waals surface area contributed by atoms with Crippen molar-refractivity contribution < 1.29 is 37.0 Å². The molecule has 10 heteroatoms. The lowest BCUT2D eigenvalue weighted by Crippen LogP contribution is -2.31. The van der Waals surface area contributed by atoms with Crippen LogP contribution < -0.4 is 15.1 Å². The number of anilines is 1. The lowest BCUT2D eigenvalue weighted by molar-refractivity contribution is -0.117. The minimum atomic E-state index is -1.56. The number of likely N-dealkylation sites (N-methyl/N-ethyl adjacent to an activating group) is 1. The van der Waals surface area contributed by atoms with Gasteiger partial charge in [-0.3, -0.25) is 9.59 Å². The molecule has 0 unspecified atom stereocenters. The van der Waals surface area contributed by atoms with E-state index >= 15 is 0 Å². The first-order chi connectivity index (χ1) is 15.2. The summed E-state index contributed by atoms with van der Waals surface area (Å²) in [4.78, 5) is 37.3. The topological polar surface area (TPSA) is 97.1 Å². The number of carboxylic acids is 1. The molecule has 1 aromatic heterocycles. The maximum atomic E-state index is 14.0. The first-order valence-corrected chi connectivity index (χ1v) is 9.14. The number of hydrogen-bond acceptors (Lipinski definition) is 5. The highest BCUT2D eigenvalue weighted by atomic mass is 19.1. The molecular formula is C22H16F3NO6. The Morgan fingerprint density at radius 3 is 2.31 bits per heavy atom. The van der Waals surface area contributed by atoms with Crippen LogP contribution in [0.15, 0.2) is 57.9 Å². The van der Waals surface area contributed by atoms with Crippen molar-refractivity contribution in [3.05, 3.63) is 93.3 Å². The standard InChI is InChI=1S/C22H16F3NO6/c1-26(18-15(24)8-14(23)9-16(18)25)17(27)7-13-11-32-21(22(29)30)20(19(13)28)31-10-12-5-3-2-4-6-12/h2-6,8-9,11H,7,10H2,1H3,(H,29,30). The molecular weight excluding hydrogens is 431 g/mol. The van der Waals surface area contributed by atoms with Crippen LogP contribution in [0, 0.1) is 17.5 Å². The minimum absolute atomic E-state index is 0.144. The quantitative estimate of drug-likeness (QED) is 0.595. The van der Waals surface area contributed by atoms with Gasteiger partial charge in [-0.15, -0.1) is 0 Å². The summed E-state index contributed by atoms with van der Waals surface area (Å²) in [6.07, 6.45) is 0.0843. The Bertz CT molecular complexity index is 1200. The minimum Gasteiger partial charge on any atom is -0.481 e. The van der Waals surface area contributed by atoms with Crippen molar-refractivity contribution in [1.29, 1.82) is 0 Å². The molecule has 32 heavy (non-hydrogen) atoms. The predicted molar refractivity (Wildman–Crippen MR) is 106 cm³/mol. The van der Waals surface area contributed by atoms with E-state index in [4.69, 9.17) is 9.15 Å². The van der Waals surface area contributed by atoms with Crippen molar-refractivity contribution in [2.24, 2.45) is 0 Å². The molecule has 7 nitrogen and oxygen atoms in total. The van der Waals surface area contributed by atoms with Gasteiger partial charge >= 0.3 is 5.97 Å². The van der Waals surface area contributed by atoms with Gasteiger partial charge in [-0.05, 0) is 5.56 Å². The smallest absolute Gasteiger partial charge is 0.375 e. The monoisotopic (exact) mass is 447 g/mol. The molecule has 1 N–H and O–H groups in total. The third-order valence-corrected chi connectivity index (χ3v) is 4.48. The number of carbonyl (C=O) groups is 2. The van der Waals surface area contributed by atoms with Gasteiger partial charge in [0.2, 0.25) is 17.1 Å². The van der Waals surface area contributed by atoms with Crippen molar-refractivity contribution in [1.82, 2.24) is 0 Å². The van der Waals surface area contributed by atoms with Crippen molar-refractivity contribution in [2.45, 2.75) is 13.0 Å². The fourth-order valence-corrected chi connectivity index (χ4v) is 2.88. The number of amides is 1. The number of benzene rings is 2. The number of carbonyl (C=O) groups excluding carboxylic acids is 1. The van der Waals surface area contributed by atoms with Crippen molar-refractivity contribution >= 4 is 17.6 Å². The van der Waals surface area contributed by atoms with E-state index in [1.165, 1.54) is 0 Å². The van der Waals surface area contributed by atoms with E-state index in [0.29, 0.717) is 22.6 Å². The third kappa shape index (κ3) is 4.80. The molecule has 0 saturated heterocycles. The van der Waals surface area contributed by atoms with Gasteiger partial charge in [-0.25, -0.2) is 18.0 Å². The van der Waals surface area contributed by atoms with E-state index in [2.05, 4.69) is 0 Å². The van der Waals surface area contributed by atoms with Crippen LogP contribution in [0.2, 0.25) is 0 Å². The molecule has 0 aliphatic carbocycles. The third-order valence-electron chi connectivity index (χ3n) is 4.48. The maximum absolute atomic E-state index is 14.0. The van der Waals surface area contributed by atoms with Crippen LogP contribution in [0.4, 0.5) is 18.9 Å². The number of carboxylic acid groups (broad SMARTS) is 1. The van der Waals surface area contributed by atoms with Crippen molar-refractivity contribution in [2.75, 3.05) is 11.9 Å². The van der Waals surface area contributed by atoms with Gasteiger partial charge < -0.3 is 19.2 Å². The summed E-state index contributed by atoms with van der Waals surface area (Å²) >= 11 is 0. The summed E-state index contributed by atoms with van der Waals surface area (Å²) in [6.45, 7) is -0.144. The van der Waals surface area contributed by atoms with Gasteiger partial charge in [0.1, 0.15) is 18.1 Å². The van der Waals surface area contributed by atoms with Gasteiger partial charge in [0.25, 0.3) is 5.76 Å². The van der Waals surface area contributed by atoms with Gasteiger partial charge in [0.15, 0.2) is 11.6 Å². The Morgan fingerprint density at radius 1 is 1.09 bits per heavy atom. The molecule has 0 aliphatic heterocycles. The van der Waals surface area contributed by atoms with E-state index in [1.54, 1.807) is 30.3 Å². The van der Waals surface area contributed by atoms with Crippen LogP contribution in [-0.4, -0.2) is 24.0 Å². The normalized spacial score (nSPS) is 10.6. The zero-order chi connectivity index (χ0) is 23.4. The number of aromatic carboxylic acids is 1. The number of hydrogen-bond donors (Lipinski definition) is 1. The van der Waals surface area contributed by atoms with E-state index in [0.717, 1.165) is 13.3 Å². The predicted octanol–water partition coefficient (Wildman–Crippen LogP) is 3.54. The number of rotatable bonds is 7. The molecule has 0 fully saturated rings. The van der Waals surface area contributed by atoms with Crippen LogP contribution in [0.3, 0.4) is 0 Å². The molecule has 1 heterocycles. The average molecular weight is 447 g/mol. The highest BCUT2D eigenvalue weighted by Crippen LogP contribution is 2.24. The molecule has 2 aromatic carbocycles. The van der Waals surface area contributed by atoms with Gasteiger partial charge in [0.05, 0.1) is 12.7 Å². The second-order valence-electron chi connectivity index (χ2n) is 6.68. The zero-order valence-electron chi connectivity index (χ0n) is 16.6. The van der Waals surface area contributed by atoms with Crippen LogP contribution in [0.25, 0.3) is 0 Å². The van der Waals surface area contributed by atoms with Gasteiger partial charge in [-0.2, -0.15) is 0 Å². The Morgan fingerprint density at radius 2 is 1.72 bits per heavy atom. The zero-order valence-corrected chi connectivity index (χ0v) is 16.6. The SMILES string of the molecule is CN(C(=O)Cc1coc(C(=O)O)c(OCc2ccccc2)c1=O)c1c(F)cc(F)cc1F. The fourth-order valence-electron chi connectivity index (χ4n) is 2.88.